The van der Waals surface area contributed by atoms with Crippen molar-refractivity contribution < 1.29 is 18.3 Å². The van der Waals surface area contributed by atoms with Crippen molar-refractivity contribution in [1.29, 1.82) is 0 Å². The molecule has 8 heteroatoms. The summed E-state index contributed by atoms with van der Waals surface area (Å²) in [5.41, 5.74) is 1.08. The van der Waals surface area contributed by atoms with Crippen LogP contribution in [0.5, 0.6) is 0 Å². The van der Waals surface area contributed by atoms with E-state index in [0.717, 1.165) is 6.07 Å². The van der Waals surface area contributed by atoms with Gasteiger partial charge in [-0.3, -0.25) is 0 Å². The Morgan fingerprint density at radius 2 is 2.20 bits per heavy atom. The summed E-state index contributed by atoms with van der Waals surface area (Å²) in [6, 6.07) is 3.98. The first-order valence-electron chi connectivity index (χ1n) is 5.71. The molecular formula is C12H13N3O4S. The number of aryl methyl sites for hydroxylation is 1. The molecule has 1 aromatic carbocycles. The number of rotatable bonds is 5. The Morgan fingerprint density at radius 1 is 1.45 bits per heavy atom. The van der Waals surface area contributed by atoms with Gasteiger partial charge in [-0.15, -0.1) is 0 Å². The molecule has 0 bridgehead atoms. The second-order valence-electron chi connectivity index (χ2n) is 4.18. The number of H-pyrrole nitrogens is 1. The number of hydrogen-bond donors (Lipinski definition) is 3. The minimum atomic E-state index is -3.77. The number of sulfonamides is 1. The molecular weight excluding hydrogens is 282 g/mol. The van der Waals surface area contributed by atoms with Gasteiger partial charge < -0.3 is 10.1 Å². The van der Waals surface area contributed by atoms with Gasteiger partial charge in [-0.2, -0.15) is 0 Å². The first kappa shape index (κ1) is 14.2. The Hall–Kier alpha value is -2.19. The number of hydrogen-bond acceptors (Lipinski definition) is 4. The SMILES string of the molecule is Cc1ccc(S(=O)(=O)NCc2cnc[nH]2)cc1C(=O)O. The van der Waals surface area contributed by atoms with E-state index in [-0.39, 0.29) is 17.0 Å². The van der Waals surface area contributed by atoms with Crippen LogP contribution in [0, 0.1) is 6.92 Å². The fourth-order valence-electron chi connectivity index (χ4n) is 1.64. The van der Waals surface area contributed by atoms with E-state index in [1.807, 2.05) is 0 Å². The van der Waals surface area contributed by atoms with Crippen molar-refractivity contribution in [2.75, 3.05) is 0 Å². The van der Waals surface area contributed by atoms with E-state index in [2.05, 4.69) is 14.7 Å². The molecule has 0 amide bonds. The predicted octanol–water partition coefficient (Wildman–Crippen LogP) is 0.895. The number of carboxylic acids is 1. The van der Waals surface area contributed by atoms with Crippen molar-refractivity contribution >= 4 is 16.0 Å². The summed E-state index contributed by atoms with van der Waals surface area (Å²) in [7, 11) is -3.77. The molecule has 0 unspecified atom stereocenters. The van der Waals surface area contributed by atoms with Gasteiger partial charge in [0.15, 0.2) is 0 Å². The summed E-state index contributed by atoms with van der Waals surface area (Å²) >= 11 is 0. The molecule has 106 valence electrons. The largest absolute Gasteiger partial charge is 0.478 e. The van der Waals surface area contributed by atoms with E-state index >= 15 is 0 Å². The minimum Gasteiger partial charge on any atom is -0.478 e. The summed E-state index contributed by atoms with van der Waals surface area (Å²) in [4.78, 5) is 17.5. The number of carbonyl (C=O) groups is 1. The Bertz CT molecular complexity index is 723. The van der Waals surface area contributed by atoms with Crippen molar-refractivity contribution in [2.24, 2.45) is 0 Å². The van der Waals surface area contributed by atoms with Gasteiger partial charge in [0.25, 0.3) is 0 Å². The predicted molar refractivity (Wildman–Crippen MR) is 70.8 cm³/mol. The summed E-state index contributed by atoms with van der Waals surface area (Å²) < 4.78 is 26.5. The van der Waals surface area contributed by atoms with Crippen LogP contribution in [0.4, 0.5) is 0 Å². The van der Waals surface area contributed by atoms with Crippen molar-refractivity contribution in [3.05, 3.63) is 47.5 Å². The van der Waals surface area contributed by atoms with Gasteiger partial charge >= 0.3 is 5.97 Å². The fraction of sp³-hybridized carbons (Fsp3) is 0.167. The molecule has 2 rings (SSSR count). The lowest BCUT2D eigenvalue weighted by Gasteiger charge is -2.08. The van der Waals surface area contributed by atoms with Gasteiger partial charge in [0.2, 0.25) is 10.0 Å². The Labute approximate surface area is 115 Å². The van der Waals surface area contributed by atoms with Crippen LogP contribution >= 0.6 is 0 Å². The fourth-order valence-corrected chi connectivity index (χ4v) is 2.67. The van der Waals surface area contributed by atoms with E-state index in [0.29, 0.717) is 11.3 Å². The van der Waals surface area contributed by atoms with Crippen LogP contribution in [-0.2, 0) is 16.6 Å². The van der Waals surface area contributed by atoms with Crippen LogP contribution in [0.2, 0.25) is 0 Å². The third-order valence-electron chi connectivity index (χ3n) is 2.76. The van der Waals surface area contributed by atoms with E-state index in [1.165, 1.54) is 24.7 Å². The molecule has 20 heavy (non-hydrogen) atoms. The molecule has 3 N–H and O–H groups in total. The average molecular weight is 295 g/mol. The molecule has 0 atom stereocenters. The maximum absolute atomic E-state index is 12.1. The second kappa shape index (κ2) is 5.43. The number of carboxylic acid groups (broad SMARTS) is 1. The molecule has 1 heterocycles. The normalized spacial score (nSPS) is 11.4. The number of nitrogens with zero attached hydrogens (tertiary/aromatic N) is 1. The number of aromatic carboxylic acids is 1. The third-order valence-corrected chi connectivity index (χ3v) is 4.16. The van der Waals surface area contributed by atoms with E-state index in [1.54, 1.807) is 6.92 Å². The highest BCUT2D eigenvalue weighted by atomic mass is 32.2. The van der Waals surface area contributed by atoms with E-state index in [4.69, 9.17) is 5.11 Å². The third kappa shape index (κ3) is 3.03. The molecule has 7 nitrogen and oxygen atoms in total. The molecule has 0 aliphatic heterocycles. The Kier molecular flexibility index (Phi) is 3.86. The zero-order valence-corrected chi connectivity index (χ0v) is 11.4. The lowest BCUT2D eigenvalue weighted by molar-refractivity contribution is 0.0696. The van der Waals surface area contributed by atoms with Crippen molar-refractivity contribution in [3.8, 4) is 0 Å². The van der Waals surface area contributed by atoms with Crippen LogP contribution in [0.15, 0.2) is 35.6 Å². The first-order valence-corrected chi connectivity index (χ1v) is 7.19. The van der Waals surface area contributed by atoms with Gasteiger partial charge in [0.1, 0.15) is 0 Å². The van der Waals surface area contributed by atoms with Crippen LogP contribution in [-0.4, -0.2) is 29.5 Å². The molecule has 0 saturated heterocycles. The standard InChI is InChI=1S/C12H13N3O4S/c1-8-2-3-10(4-11(8)12(16)17)20(18,19)15-6-9-5-13-7-14-9/h2-5,7,15H,6H2,1H3,(H,13,14)(H,16,17). The molecule has 0 aliphatic rings. The van der Waals surface area contributed by atoms with Crippen molar-refractivity contribution in [2.45, 2.75) is 18.4 Å². The monoisotopic (exact) mass is 295 g/mol. The number of imidazole rings is 1. The maximum atomic E-state index is 12.1. The highest BCUT2D eigenvalue weighted by Crippen LogP contribution is 2.15. The van der Waals surface area contributed by atoms with Crippen LogP contribution in [0.25, 0.3) is 0 Å². The minimum absolute atomic E-state index is 0.0329. The number of nitrogens with one attached hydrogen (secondary N) is 2. The lowest BCUT2D eigenvalue weighted by Crippen LogP contribution is -2.23. The van der Waals surface area contributed by atoms with E-state index in [9.17, 15) is 13.2 Å². The van der Waals surface area contributed by atoms with Crippen LogP contribution in [0.1, 0.15) is 21.6 Å². The summed E-state index contributed by atoms with van der Waals surface area (Å²) in [6.45, 7) is 1.66. The van der Waals surface area contributed by atoms with Crippen LogP contribution in [0.3, 0.4) is 0 Å². The van der Waals surface area contributed by atoms with Gasteiger partial charge in [-0.05, 0) is 24.6 Å². The molecule has 0 spiro atoms. The van der Waals surface area contributed by atoms with Gasteiger partial charge in [-0.1, -0.05) is 6.07 Å². The highest BCUT2D eigenvalue weighted by Gasteiger charge is 2.17. The topological polar surface area (TPSA) is 112 Å². The lowest BCUT2D eigenvalue weighted by atomic mass is 10.1. The molecule has 2 aromatic rings. The zero-order valence-electron chi connectivity index (χ0n) is 10.6. The van der Waals surface area contributed by atoms with Gasteiger partial charge in [-0.25, -0.2) is 22.9 Å². The van der Waals surface area contributed by atoms with E-state index < -0.39 is 16.0 Å². The number of aromatic amines is 1. The van der Waals surface area contributed by atoms with Crippen molar-refractivity contribution in [3.63, 3.8) is 0 Å². The zero-order chi connectivity index (χ0) is 14.8. The summed E-state index contributed by atoms with van der Waals surface area (Å²) in [5.74, 6) is -1.16. The van der Waals surface area contributed by atoms with Gasteiger partial charge in [0, 0.05) is 11.9 Å². The Balaban J connectivity index is 2.25. The summed E-state index contributed by atoms with van der Waals surface area (Å²) in [6.07, 6.45) is 2.94. The quantitative estimate of drug-likeness (QED) is 0.758. The molecule has 0 fully saturated rings. The van der Waals surface area contributed by atoms with Gasteiger partial charge in [0.05, 0.1) is 23.3 Å². The molecule has 0 saturated carbocycles. The average Bonchev–Trinajstić information content (AvgIpc) is 2.89. The van der Waals surface area contributed by atoms with Crippen LogP contribution < -0.4 is 4.72 Å². The maximum Gasteiger partial charge on any atom is 0.335 e. The van der Waals surface area contributed by atoms with Crippen molar-refractivity contribution in [1.82, 2.24) is 14.7 Å². The number of aromatic nitrogens is 2. The smallest absolute Gasteiger partial charge is 0.335 e. The molecule has 1 aromatic heterocycles. The Morgan fingerprint density at radius 3 is 2.80 bits per heavy atom. The molecule has 0 radical (unpaired) electrons. The highest BCUT2D eigenvalue weighted by molar-refractivity contribution is 7.89. The first-order chi connectivity index (χ1) is 9.40. The number of benzene rings is 1. The summed E-state index contributed by atoms with van der Waals surface area (Å²) in [5, 5.41) is 9.01. The second-order valence-corrected chi connectivity index (χ2v) is 5.95. The molecule has 0 aliphatic carbocycles.